The number of carbonyl (C=O) groups excluding carboxylic acids is 1. The number of amides is 1. The summed E-state index contributed by atoms with van der Waals surface area (Å²) in [5, 5.41) is 7.15. The number of rotatable bonds is 7. The van der Waals surface area contributed by atoms with E-state index in [4.69, 9.17) is 4.74 Å². The summed E-state index contributed by atoms with van der Waals surface area (Å²) in [6, 6.07) is 16.7. The summed E-state index contributed by atoms with van der Waals surface area (Å²) in [5.41, 5.74) is 3.97. The molecule has 0 atom stereocenters. The Balaban J connectivity index is 1.41. The quantitative estimate of drug-likeness (QED) is 0.504. The molecule has 1 amide bonds. The highest BCUT2D eigenvalue weighted by molar-refractivity contribution is 6.99. The van der Waals surface area contributed by atoms with E-state index in [1.54, 1.807) is 24.4 Å². The van der Waals surface area contributed by atoms with Gasteiger partial charge in [0.2, 0.25) is 0 Å². The zero-order valence-corrected chi connectivity index (χ0v) is 16.6. The molecule has 2 heterocycles. The number of hydrogen-bond donors (Lipinski definition) is 1. The van der Waals surface area contributed by atoms with Crippen molar-refractivity contribution < 1.29 is 9.53 Å². The molecule has 0 saturated heterocycles. The van der Waals surface area contributed by atoms with Crippen LogP contribution in [0.3, 0.4) is 0 Å². The van der Waals surface area contributed by atoms with Crippen molar-refractivity contribution in [3.8, 4) is 5.75 Å². The molecule has 0 spiro atoms. The van der Waals surface area contributed by atoms with E-state index in [2.05, 4.69) is 19.2 Å². The van der Waals surface area contributed by atoms with Crippen LogP contribution in [-0.4, -0.2) is 24.4 Å². The highest BCUT2D eigenvalue weighted by atomic mass is 32.1. The average Bonchev–Trinajstić information content (AvgIpc) is 3.38. The Bertz CT molecular complexity index is 1110. The number of nitrogens with one attached hydrogen (secondary N) is 1. The summed E-state index contributed by atoms with van der Waals surface area (Å²) >= 11 is 1.16. The number of aromatic nitrogens is 4. The lowest BCUT2D eigenvalue weighted by Crippen LogP contribution is -2.12. The second-order valence-electron chi connectivity index (χ2n) is 6.47. The first-order valence-electron chi connectivity index (χ1n) is 9.06. The number of anilines is 1. The molecular weight excluding hydrogens is 386 g/mol. The number of aryl methyl sites for hydroxylation is 1. The maximum absolute atomic E-state index is 12.7. The molecule has 0 bridgehead atoms. The third-order valence-corrected chi connectivity index (χ3v) is 4.96. The highest BCUT2D eigenvalue weighted by Crippen LogP contribution is 2.18. The van der Waals surface area contributed by atoms with Crippen LogP contribution in [0.5, 0.6) is 5.75 Å². The van der Waals surface area contributed by atoms with Gasteiger partial charge >= 0.3 is 0 Å². The minimum atomic E-state index is -0.196. The van der Waals surface area contributed by atoms with Crippen LogP contribution in [0.2, 0.25) is 0 Å². The van der Waals surface area contributed by atoms with Gasteiger partial charge in [0.05, 0.1) is 24.0 Å². The van der Waals surface area contributed by atoms with Crippen molar-refractivity contribution in [3.63, 3.8) is 0 Å². The van der Waals surface area contributed by atoms with E-state index in [1.165, 1.54) is 0 Å². The van der Waals surface area contributed by atoms with E-state index in [-0.39, 0.29) is 5.91 Å². The van der Waals surface area contributed by atoms with Crippen molar-refractivity contribution >= 4 is 23.3 Å². The van der Waals surface area contributed by atoms with Crippen molar-refractivity contribution in [1.82, 2.24) is 18.5 Å². The number of ether oxygens (including phenoxy) is 1. The smallest absolute Gasteiger partial charge is 0.255 e. The van der Waals surface area contributed by atoms with Crippen molar-refractivity contribution in [2.24, 2.45) is 0 Å². The van der Waals surface area contributed by atoms with Gasteiger partial charge in [-0.05, 0) is 48.9 Å². The molecule has 2 aromatic carbocycles. The lowest BCUT2D eigenvalue weighted by molar-refractivity contribution is 0.102. The topological polar surface area (TPSA) is 81.9 Å². The first-order chi connectivity index (χ1) is 14.2. The molecule has 4 rings (SSSR count). The molecular formula is C21H19N5O2S. The highest BCUT2D eigenvalue weighted by Gasteiger charge is 2.09. The molecule has 2 aromatic heterocycles. The van der Waals surface area contributed by atoms with Gasteiger partial charge in [-0.3, -0.25) is 9.48 Å². The minimum Gasteiger partial charge on any atom is -0.487 e. The molecule has 146 valence electrons. The van der Waals surface area contributed by atoms with Gasteiger partial charge in [0.1, 0.15) is 18.1 Å². The van der Waals surface area contributed by atoms with Crippen LogP contribution in [0, 0.1) is 6.92 Å². The first kappa shape index (κ1) is 18.8. The standard InChI is InChI=1S/C21H19N5O2S/c1-15-20(25-29-24-15)14-28-19-8-3-6-17(12-19)21(27)23-18-7-2-5-16(11-18)13-26-10-4-9-22-26/h2-12H,13-14H2,1H3,(H,23,27). The second-order valence-corrected chi connectivity index (χ2v) is 7.00. The van der Waals surface area contributed by atoms with Crippen LogP contribution in [0.4, 0.5) is 5.69 Å². The van der Waals surface area contributed by atoms with E-state index in [0.29, 0.717) is 24.5 Å². The Kier molecular flexibility index (Phi) is 5.62. The summed E-state index contributed by atoms with van der Waals surface area (Å²) in [6.45, 7) is 2.86. The summed E-state index contributed by atoms with van der Waals surface area (Å²) in [4.78, 5) is 12.7. The lowest BCUT2D eigenvalue weighted by atomic mass is 10.1. The number of benzene rings is 2. The van der Waals surface area contributed by atoms with E-state index in [9.17, 15) is 4.79 Å². The molecule has 1 N–H and O–H groups in total. The first-order valence-corrected chi connectivity index (χ1v) is 9.79. The Labute approximate surface area is 172 Å². The Morgan fingerprint density at radius 3 is 2.83 bits per heavy atom. The van der Waals surface area contributed by atoms with Crippen molar-refractivity contribution in [2.45, 2.75) is 20.1 Å². The van der Waals surface area contributed by atoms with Gasteiger partial charge in [0.25, 0.3) is 5.91 Å². The van der Waals surface area contributed by atoms with Gasteiger partial charge in [-0.15, -0.1) is 0 Å². The monoisotopic (exact) mass is 405 g/mol. The third kappa shape index (κ3) is 4.85. The van der Waals surface area contributed by atoms with Gasteiger partial charge in [-0.25, -0.2) is 0 Å². The average molecular weight is 405 g/mol. The molecule has 8 heteroatoms. The van der Waals surface area contributed by atoms with E-state index >= 15 is 0 Å². The lowest BCUT2D eigenvalue weighted by Gasteiger charge is -2.10. The summed E-state index contributed by atoms with van der Waals surface area (Å²) < 4.78 is 15.9. The molecule has 0 aliphatic heterocycles. The molecule has 0 radical (unpaired) electrons. The zero-order valence-electron chi connectivity index (χ0n) is 15.8. The second kappa shape index (κ2) is 8.66. The van der Waals surface area contributed by atoms with E-state index < -0.39 is 0 Å². The number of hydrogen-bond acceptors (Lipinski definition) is 6. The molecule has 0 fully saturated rings. The molecule has 0 unspecified atom stereocenters. The van der Waals surface area contributed by atoms with Gasteiger partial charge in [0.15, 0.2) is 0 Å². The Morgan fingerprint density at radius 1 is 1.14 bits per heavy atom. The van der Waals surface area contributed by atoms with Crippen LogP contribution < -0.4 is 10.1 Å². The normalized spacial score (nSPS) is 10.7. The maximum Gasteiger partial charge on any atom is 0.255 e. The summed E-state index contributed by atoms with van der Waals surface area (Å²) in [6.07, 6.45) is 3.65. The third-order valence-electron chi connectivity index (χ3n) is 4.31. The fraction of sp³-hybridized carbons (Fsp3) is 0.143. The van der Waals surface area contributed by atoms with Crippen LogP contribution in [-0.2, 0) is 13.2 Å². The van der Waals surface area contributed by atoms with Gasteiger partial charge in [-0.1, -0.05) is 18.2 Å². The molecule has 4 aromatic rings. The van der Waals surface area contributed by atoms with Crippen molar-refractivity contribution in [3.05, 3.63) is 89.5 Å². The van der Waals surface area contributed by atoms with Gasteiger partial charge < -0.3 is 10.1 Å². The van der Waals surface area contributed by atoms with Crippen LogP contribution in [0.15, 0.2) is 67.0 Å². The van der Waals surface area contributed by atoms with Crippen LogP contribution in [0.1, 0.15) is 27.3 Å². The van der Waals surface area contributed by atoms with Crippen LogP contribution in [0.25, 0.3) is 0 Å². The molecule has 7 nitrogen and oxygen atoms in total. The zero-order chi connectivity index (χ0) is 20.1. The van der Waals surface area contributed by atoms with Crippen molar-refractivity contribution in [1.29, 1.82) is 0 Å². The maximum atomic E-state index is 12.7. The summed E-state index contributed by atoms with van der Waals surface area (Å²) in [5.74, 6) is 0.413. The van der Waals surface area contributed by atoms with Gasteiger partial charge in [0, 0.05) is 23.6 Å². The molecule has 0 aliphatic carbocycles. The largest absolute Gasteiger partial charge is 0.487 e. The fourth-order valence-corrected chi connectivity index (χ4v) is 3.34. The minimum absolute atomic E-state index is 0.196. The number of nitrogens with zero attached hydrogens (tertiary/aromatic N) is 4. The SMILES string of the molecule is Cc1nsnc1COc1cccc(C(=O)Nc2cccc(Cn3cccn3)c2)c1. The van der Waals surface area contributed by atoms with Gasteiger partial charge in [-0.2, -0.15) is 13.8 Å². The molecule has 29 heavy (non-hydrogen) atoms. The molecule has 0 saturated carbocycles. The Morgan fingerprint density at radius 2 is 2.03 bits per heavy atom. The Hall–Kier alpha value is -3.52. The molecule has 0 aliphatic rings. The fourth-order valence-electron chi connectivity index (χ4n) is 2.79. The van der Waals surface area contributed by atoms with Crippen LogP contribution >= 0.6 is 11.7 Å². The predicted octanol–water partition coefficient (Wildman–Crippen LogP) is 3.92. The van der Waals surface area contributed by atoms with E-state index in [0.717, 1.165) is 34.4 Å². The van der Waals surface area contributed by atoms with E-state index in [1.807, 2.05) is 54.2 Å². The number of carbonyl (C=O) groups is 1. The van der Waals surface area contributed by atoms with Crippen molar-refractivity contribution in [2.75, 3.05) is 5.32 Å². The predicted molar refractivity (Wildman–Crippen MR) is 111 cm³/mol. The summed E-state index contributed by atoms with van der Waals surface area (Å²) in [7, 11) is 0.